The van der Waals surface area contributed by atoms with Crippen LogP contribution in [-0.4, -0.2) is 33.5 Å². The molecule has 0 fully saturated rings. The summed E-state index contributed by atoms with van der Waals surface area (Å²) >= 11 is 0. The average molecular weight is 183 g/mol. The summed E-state index contributed by atoms with van der Waals surface area (Å²) in [6, 6.07) is 1.28. The molecule has 1 aliphatic rings. The Balaban J connectivity index is 2.33. The largest absolute Gasteiger partial charge is 0.476 e. The summed E-state index contributed by atoms with van der Waals surface area (Å²) in [5.41, 5.74) is 5.59. The molecule has 1 atom stereocenters. The third-order valence-electron chi connectivity index (χ3n) is 1.81. The summed E-state index contributed by atoms with van der Waals surface area (Å²) in [4.78, 5) is 10.5. The van der Waals surface area contributed by atoms with Gasteiger partial charge in [0.2, 0.25) is 5.88 Å². The normalized spacial score (nSPS) is 20.5. The Bertz CT molecular complexity index is 347. The first-order valence-electron chi connectivity index (χ1n) is 3.86. The summed E-state index contributed by atoms with van der Waals surface area (Å²) < 4.78 is 6.65. The van der Waals surface area contributed by atoms with Gasteiger partial charge < -0.3 is 15.6 Å². The van der Waals surface area contributed by atoms with E-state index in [9.17, 15) is 4.79 Å². The molecule has 0 amide bonds. The molecule has 0 aliphatic carbocycles. The topological polar surface area (TPSA) is 90.4 Å². The van der Waals surface area contributed by atoms with Crippen molar-refractivity contribution in [3.8, 4) is 5.88 Å². The lowest BCUT2D eigenvalue weighted by molar-refractivity contribution is 0.0689. The summed E-state index contributed by atoms with van der Waals surface area (Å²) in [7, 11) is 0. The Hall–Kier alpha value is -1.56. The van der Waals surface area contributed by atoms with Crippen molar-refractivity contribution < 1.29 is 14.6 Å². The maximum Gasteiger partial charge on any atom is 0.356 e. The van der Waals surface area contributed by atoms with E-state index in [4.69, 9.17) is 15.6 Å². The monoisotopic (exact) mass is 183 g/mol. The molecule has 0 radical (unpaired) electrons. The minimum absolute atomic E-state index is 0.0101. The van der Waals surface area contributed by atoms with Gasteiger partial charge in [0, 0.05) is 6.07 Å². The van der Waals surface area contributed by atoms with E-state index < -0.39 is 5.97 Å². The van der Waals surface area contributed by atoms with Crippen LogP contribution in [-0.2, 0) is 6.54 Å². The fourth-order valence-electron chi connectivity index (χ4n) is 1.22. The Morgan fingerprint density at radius 3 is 3.31 bits per heavy atom. The fraction of sp³-hybridized carbons (Fsp3) is 0.429. The van der Waals surface area contributed by atoms with Crippen molar-refractivity contribution in [3.05, 3.63) is 11.8 Å². The van der Waals surface area contributed by atoms with Gasteiger partial charge in [-0.05, 0) is 0 Å². The number of rotatable bonds is 1. The molecule has 2 heterocycles. The number of hydrogen-bond acceptors (Lipinski definition) is 4. The van der Waals surface area contributed by atoms with Crippen molar-refractivity contribution in [1.82, 2.24) is 9.78 Å². The van der Waals surface area contributed by atoms with Crippen molar-refractivity contribution in [3.63, 3.8) is 0 Å². The van der Waals surface area contributed by atoms with Crippen molar-refractivity contribution in [2.24, 2.45) is 5.73 Å². The van der Waals surface area contributed by atoms with Gasteiger partial charge in [-0.3, -0.25) is 0 Å². The minimum Gasteiger partial charge on any atom is -0.476 e. The smallest absolute Gasteiger partial charge is 0.356 e. The molecule has 6 heteroatoms. The van der Waals surface area contributed by atoms with Crippen LogP contribution in [0.4, 0.5) is 0 Å². The van der Waals surface area contributed by atoms with Gasteiger partial charge in [-0.25, -0.2) is 9.48 Å². The summed E-state index contributed by atoms with van der Waals surface area (Å²) in [5, 5.41) is 12.5. The molecular weight excluding hydrogens is 174 g/mol. The van der Waals surface area contributed by atoms with E-state index in [1.54, 1.807) is 0 Å². The van der Waals surface area contributed by atoms with Crippen LogP contribution in [0.2, 0.25) is 0 Å². The summed E-state index contributed by atoms with van der Waals surface area (Å²) in [6.07, 6.45) is 0. The molecule has 1 aliphatic heterocycles. The third-order valence-corrected chi connectivity index (χ3v) is 1.81. The van der Waals surface area contributed by atoms with Crippen LogP contribution in [0, 0.1) is 0 Å². The van der Waals surface area contributed by atoms with Gasteiger partial charge in [-0.2, -0.15) is 5.10 Å². The molecular formula is C7H9N3O3. The van der Waals surface area contributed by atoms with Gasteiger partial charge in [0.05, 0.1) is 12.6 Å². The zero-order valence-corrected chi connectivity index (χ0v) is 6.80. The fourth-order valence-corrected chi connectivity index (χ4v) is 1.22. The predicted octanol–water partition coefficient (Wildman–Crippen LogP) is -0.699. The first kappa shape index (κ1) is 8.06. The Morgan fingerprint density at radius 2 is 2.62 bits per heavy atom. The molecule has 0 saturated carbocycles. The van der Waals surface area contributed by atoms with Gasteiger partial charge >= 0.3 is 5.97 Å². The number of fused-ring (bicyclic) bond motifs is 1. The molecule has 2 rings (SSSR count). The number of nitrogens with two attached hydrogens (primary N) is 1. The number of aromatic nitrogens is 2. The van der Waals surface area contributed by atoms with E-state index >= 15 is 0 Å². The number of aromatic carboxylic acids is 1. The lowest BCUT2D eigenvalue weighted by Gasteiger charge is -2.19. The molecule has 1 aromatic heterocycles. The maximum absolute atomic E-state index is 10.5. The van der Waals surface area contributed by atoms with Gasteiger partial charge in [0.1, 0.15) is 6.61 Å². The van der Waals surface area contributed by atoms with Crippen LogP contribution in [0.5, 0.6) is 5.88 Å². The van der Waals surface area contributed by atoms with Crippen molar-refractivity contribution in [2.75, 3.05) is 6.61 Å². The molecule has 0 saturated heterocycles. The molecule has 13 heavy (non-hydrogen) atoms. The summed E-state index contributed by atoms with van der Waals surface area (Å²) in [5.74, 6) is -0.585. The molecule has 0 aromatic carbocycles. The number of hydrogen-bond donors (Lipinski definition) is 2. The molecule has 70 valence electrons. The quantitative estimate of drug-likeness (QED) is 0.600. The van der Waals surface area contributed by atoms with Gasteiger partial charge in [0.25, 0.3) is 0 Å². The first-order chi connectivity index (χ1) is 6.16. The number of carboxylic acids is 1. The highest BCUT2D eigenvalue weighted by atomic mass is 16.5. The van der Waals surface area contributed by atoms with Crippen LogP contribution in [0.25, 0.3) is 0 Å². The highest BCUT2D eigenvalue weighted by Gasteiger charge is 2.20. The van der Waals surface area contributed by atoms with E-state index in [2.05, 4.69) is 5.10 Å². The van der Waals surface area contributed by atoms with E-state index in [1.807, 2.05) is 0 Å². The molecule has 0 bridgehead atoms. The van der Waals surface area contributed by atoms with Crippen molar-refractivity contribution in [2.45, 2.75) is 12.6 Å². The van der Waals surface area contributed by atoms with E-state index in [-0.39, 0.29) is 11.7 Å². The average Bonchev–Trinajstić information content (AvgIpc) is 2.46. The predicted molar refractivity (Wildman–Crippen MR) is 42.7 cm³/mol. The second-order valence-electron chi connectivity index (χ2n) is 2.93. The van der Waals surface area contributed by atoms with Gasteiger partial charge in [-0.15, -0.1) is 0 Å². The maximum atomic E-state index is 10.5. The van der Waals surface area contributed by atoms with Gasteiger partial charge in [-0.1, -0.05) is 0 Å². The number of nitrogens with zero attached hydrogens (tertiary/aromatic N) is 2. The van der Waals surface area contributed by atoms with Gasteiger partial charge in [0.15, 0.2) is 5.69 Å². The van der Waals surface area contributed by atoms with Crippen molar-refractivity contribution >= 4 is 5.97 Å². The van der Waals surface area contributed by atoms with Crippen LogP contribution in [0.1, 0.15) is 10.5 Å². The lowest BCUT2D eigenvalue weighted by atomic mass is 10.3. The molecule has 6 nitrogen and oxygen atoms in total. The zero-order valence-electron chi connectivity index (χ0n) is 6.80. The zero-order chi connectivity index (χ0) is 9.42. The molecule has 0 spiro atoms. The highest BCUT2D eigenvalue weighted by molar-refractivity contribution is 5.85. The second kappa shape index (κ2) is 2.74. The van der Waals surface area contributed by atoms with E-state index in [0.717, 1.165) is 0 Å². The lowest BCUT2D eigenvalue weighted by Crippen LogP contribution is -2.37. The van der Waals surface area contributed by atoms with Crippen molar-refractivity contribution in [1.29, 1.82) is 0 Å². The third kappa shape index (κ3) is 1.35. The first-order valence-corrected chi connectivity index (χ1v) is 3.86. The highest BCUT2D eigenvalue weighted by Crippen LogP contribution is 2.17. The van der Waals surface area contributed by atoms with E-state index in [0.29, 0.717) is 19.0 Å². The van der Waals surface area contributed by atoms with Crippen LogP contribution in [0.3, 0.4) is 0 Å². The van der Waals surface area contributed by atoms with Crippen LogP contribution < -0.4 is 10.5 Å². The minimum atomic E-state index is -1.06. The second-order valence-corrected chi connectivity index (χ2v) is 2.93. The standard InChI is InChI=1S/C7H9N3O3/c8-4-2-10-6(13-3-4)1-5(9-10)7(11)12/h1,4H,2-3,8H2,(H,11,12). The van der Waals surface area contributed by atoms with E-state index in [1.165, 1.54) is 10.7 Å². The number of carbonyl (C=O) groups is 1. The molecule has 1 unspecified atom stereocenters. The Morgan fingerprint density at radius 1 is 1.85 bits per heavy atom. The summed E-state index contributed by atoms with van der Waals surface area (Å²) in [6.45, 7) is 0.910. The number of ether oxygens (including phenoxy) is 1. The molecule has 3 N–H and O–H groups in total. The Kier molecular flexibility index (Phi) is 1.70. The molecule has 1 aromatic rings. The number of carboxylic acid groups (broad SMARTS) is 1. The van der Waals surface area contributed by atoms with Crippen LogP contribution >= 0.6 is 0 Å². The van der Waals surface area contributed by atoms with Crippen LogP contribution in [0.15, 0.2) is 6.07 Å². The Labute approximate surface area is 73.9 Å². The SMILES string of the molecule is NC1COc2cc(C(=O)O)nn2C1.